The number of hydrogen-bond donors (Lipinski definition) is 1. The predicted octanol–water partition coefficient (Wildman–Crippen LogP) is 2.52. The predicted molar refractivity (Wildman–Crippen MR) is 91.8 cm³/mol. The van der Waals surface area contributed by atoms with Crippen LogP contribution in [0.2, 0.25) is 5.02 Å². The summed E-state index contributed by atoms with van der Waals surface area (Å²) in [6.07, 6.45) is 6.33. The number of pyridine rings is 1. The second-order valence-electron chi connectivity index (χ2n) is 6.42. The minimum Gasteiger partial charge on any atom is -0.473 e. The van der Waals surface area contributed by atoms with Gasteiger partial charge in [0, 0.05) is 18.8 Å². The lowest BCUT2D eigenvalue weighted by Crippen LogP contribution is -2.42. The maximum Gasteiger partial charge on any atom is 0.232 e. The smallest absolute Gasteiger partial charge is 0.232 e. The van der Waals surface area contributed by atoms with Gasteiger partial charge in [-0.05, 0) is 50.7 Å². The highest BCUT2D eigenvalue weighted by Gasteiger charge is 2.29. The van der Waals surface area contributed by atoms with Gasteiger partial charge >= 0.3 is 0 Å². The van der Waals surface area contributed by atoms with E-state index in [-0.39, 0.29) is 24.0 Å². The molecule has 2 heterocycles. The summed E-state index contributed by atoms with van der Waals surface area (Å²) >= 11 is 6.05. The molecular weight excluding hydrogens is 352 g/mol. The molecule has 1 saturated carbocycles. The molecule has 1 aliphatic heterocycles. The Hall–Kier alpha value is -0.890. The number of sulfonamides is 1. The van der Waals surface area contributed by atoms with Gasteiger partial charge in [-0.25, -0.2) is 18.1 Å². The number of nitrogens with one attached hydrogen (secondary N) is 1. The van der Waals surface area contributed by atoms with Crippen LogP contribution in [0.4, 0.5) is 0 Å². The average molecular weight is 375 g/mol. The quantitative estimate of drug-likeness (QED) is 0.827. The molecular formula is C16H23ClN2O4S. The lowest BCUT2D eigenvalue weighted by Gasteiger charge is -2.29. The van der Waals surface area contributed by atoms with Gasteiger partial charge < -0.3 is 9.47 Å². The normalized spacial score (nSPS) is 28.0. The number of aromatic nitrogens is 1. The van der Waals surface area contributed by atoms with E-state index in [4.69, 9.17) is 21.1 Å². The van der Waals surface area contributed by atoms with E-state index in [1.54, 1.807) is 18.3 Å². The molecule has 1 atom stereocenters. The molecule has 1 N–H and O–H groups in total. The van der Waals surface area contributed by atoms with Crippen LogP contribution >= 0.6 is 11.6 Å². The molecule has 0 bridgehead atoms. The van der Waals surface area contributed by atoms with Crippen molar-refractivity contribution in [3.8, 4) is 5.88 Å². The van der Waals surface area contributed by atoms with Gasteiger partial charge in [-0.2, -0.15) is 0 Å². The molecule has 24 heavy (non-hydrogen) atoms. The third kappa shape index (κ3) is 5.05. The second-order valence-corrected chi connectivity index (χ2v) is 8.62. The van der Waals surface area contributed by atoms with Crippen LogP contribution in [-0.4, -0.2) is 44.0 Å². The van der Waals surface area contributed by atoms with Gasteiger partial charge in [0.15, 0.2) is 0 Å². The van der Waals surface area contributed by atoms with Crippen LogP contribution in [0.15, 0.2) is 18.3 Å². The van der Waals surface area contributed by atoms with Crippen LogP contribution in [0.1, 0.15) is 38.5 Å². The van der Waals surface area contributed by atoms with E-state index in [9.17, 15) is 8.42 Å². The molecule has 134 valence electrons. The molecule has 1 aliphatic carbocycles. The molecule has 0 unspecified atom stereocenters. The molecule has 1 aromatic heterocycles. The van der Waals surface area contributed by atoms with Crippen molar-refractivity contribution in [1.29, 1.82) is 0 Å². The summed E-state index contributed by atoms with van der Waals surface area (Å²) in [4.78, 5) is 4.13. The molecule has 1 aromatic rings. The highest BCUT2D eigenvalue weighted by molar-refractivity contribution is 7.89. The molecule has 0 radical (unpaired) electrons. The molecule has 8 heteroatoms. The number of hydrogen-bond acceptors (Lipinski definition) is 5. The van der Waals surface area contributed by atoms with E-state index >= 15 is 0 Å². The van der Waals surface area contributed by atoms with Crippen LogP contribution in [-0.2, 0) is 14.8 Å². The van der Waals surface area contributed by atoms with Crippen LogP contribution < -0.4 is 9.46 Å². The van der Waals surface area contributed by atoms with Gasteiger partial charge in [0.1, 0.15) is 11.1 Å². The summed E-state index contributed by atoms with van der Waals surface area (Å²) in [6, 6.07) is 3.47. The minimum absolute atomic E-state index is 0.0244. The van der Waals surface area contributed by atoms with Gasteiger partial charge in [0.25, 0.3) is 0 Å². The third-order valence-corrected chi connectivity index (χ3v) is 6.24. The first-order valence-corrected chi connectivity index (χ1v) is 10.4. The summed E-state index contributed by atoms with van der Waals surface area (Å²) in [5.74, 6) is 0.508. The fourth-order valence-corrected chi connectivity index (χ4v) is 5.00. The van der Waals surface area contributed by atoms with E-state index in [0.717, 1.165) is 38.5 Å². The van der Waals surface area contributed by atoms with Gasteiger partial charge in [-0.15, -0.1) is 0 Å². The van der Waals surface area contributed by atoms with Gasteiger partial charge in [0.05, 0.1) is 11.9 Å². The Balaban J connectivity index is 1.45. The van der Waals surface area contributed by atoms with E-state index in [1.807, 2.05) is 0 Å². The van der Waals surface area contributed by atoms with Crippen molar-refractivity contribution in [2.75, 3.05) is 12.4 Å². The Morgan fingerprint density at radius 1 is 1.29 bits per heavy atom. The van der Waals surface area contributed by atoms with Crippen LogP contribution in [0.25, 0.3) is 0 Å². The van der Waals surface area contributed by atoms with Crippen LogP contribution in [0, 0.1) is 0 Å². The van der Waals surface area contributed by atoms with Crippen molar-refractivity contribution >= 4 is 21.6 Å². The van der Waals surface area contributed by atoms with E-state index < -0.39 is 10.0 Å². The van der Waals surface area contributed by atoms with Crippen molar-refractivity contribution < 1.29 is 17.9 Å². The van der Waals surface area contributed by atoms with E-state index in [0.29, 0.717) is 17.5 Å². The standard InChI is InChI=1S/C16H23ClN2O4S/c17-15-4-1-9-18-16(15)23-13-7-5-12(6-8-13)19-24(20,21)11-14-3-2-10-22-14/h1,4,9,12-14,19H,2-3,5-8,10-11H2/t12?,13?,14-/m0/s1. The first kappa shape index (κ1) is 17.9. The van der Waals surface area contributed by atoms with Crippen molar-refractivity contribution in [1.82, 2.24) is 9.71 Å². The highest BCUT2D eigenvalue weighted by Crippen LogP contribution is 2.27. The lowest BCUT2D eigenvalue weighted by molar-refractivity contribution is 0.126. The summed E-state index contributed by atoms with van der Waals surface area (Å²) in [7, 11) is -3.30. The number of halogens is 1. The van der Waals surface area contributed by atoms with Gasteiger partial charge in [0.2, 0.25) is 15.9 Å². The molecule has 2 fully saturated rings. The average Bonchev–Trinajstić information content (AvgIpc) is 3.03. The highest BCUT2D eigenvalue weighted by atomic mass is 35.5. The Bertz CT molecular complexity index is 641. The monoisotopic (exact) mass is 374 g/mol. The largest absolute Gasteiger partial charge is 0.473 e. The van der Waals surface area contributed by atoms with Crippen molar-refractivity contribution in [3.63, 3.8) is 0 Å². The number of ether oxygens (including phenoxy) is 2. The summed E-state index contributed by atoms with van der Waals surface area (Å²) in [5.41, 5.74) is 0. The second kappa shape index (κ2) is 7.99. The molecule has 0 aromatic carbocycles. The Morgan fingerprint density at radius 3 is 2.75 bits per heavy atom. The maximum absolute atomic E-state index is 12.2. The zero-order valence-corrected chi connectivity index (χ0v) is 15.1. The maximum atomic E-state index is 12.2. The molecule has 6 nitrogen and oxygen atoms in total. The first-order chi connectivity index (χ1) is 11.5. The summed E-state index contributed by atoms with van der Waals surface area (Å²) in [5, 5.41) is 0.497. The Morgan fingerprint density at radius 2 is 2.08 bits per heavy atom. The number of nitrogens with zero attached hydrogens (tertiary/aromatic N) is 1. The van der Waals surface area contributed by atoms with Crippen LogP contribution in [0.5, 0.6) is 5.88 Å². The number of rotatable bonds is 6. The summed E-state index contributed by atoms with van der Waals surface area (Å²) < 4.78 is 38.5. The van der Waals surface area contributed by atoms with Gasteiger partial charge in [-0.3, -0.25) is 0 Å². The molecule has 0 amide bonds. The molecule has 1 saturated heterocycles. The lowest BCUT2D eigenvalue weighted by atomic mass is 9.94. The van der Waals surface area contributed by atoms with Crippen molar-refractivity contribution in [2.45, 2.75) is 56.8 Å². The molecule has 2 aliphatic rings. The van der Waals surface area contributed by atoms with E-state index in [2.05, 4.69) is 9.71 Å². The SMILES string of the molecule is O=S(=O)(C[C@@H]1CCCO1)NC1CCC(Oc2ncccc2Cl)CC1. The Kier molecular flexibility index (Phi) is 5.97. The first-order valence-electron chi connectivity index (χ1n) is 8.40. The van der Waals surface area contributed by atoms with Crippen molar-refractivity contribution in [3.05, 3.63) is 23.4 Å². The summed E-state index contributed by atoms with van der Waals surface area (Å²) in [6.45, 7) is 0.665. The third-order valence-electron chi connectivity index (χ3n) is 4.45. The molecule has 3 rings (SSSR count). The Labute approximate surface area is 147 Å². The zero-order valence-electron chi connectivity index (χ0n) is 13.5. The van der Waals surface area contributed by atoms with Gasteiger partial charge in [-0.1, -0.05) is 11.6 Å². The van der Waals surface area contributed by atoms with E-state index in [1.165, 1.54) is 0 Å². The van der Waals surface area contributed by atoms with Crippen LogP contribution in [0.3, 0.4) is 0 Å². The fourth-order valence-electron chi connectivity index (χ4n) is 3.24. The molecule has 0 spiro atoms. The fraction of sp³-hybridized carbons (Fsp3) is 0.688. The zero-order chi connectivity index (χ0) is 17.0. The topological polar surface area (TPSA) is 77.5 Å². The van der Waals surface area contributed by atoms with Crippen molar-refractivity contribution in [2.24, 2.45) is 0 Å². The minimum atomic E-state index is -3.30.